The minimum Gasteiger partial charge on any atom is -0.331 e. The third-order valence-electron chi connectivity index (χ3n) is 2.32. The summed E-state index contributed by atoms with van der Waals surface area (Å²) in [5.41, 5.74) is 0.778. The normalized spacial score (nSPS) is 13.6. The van der Waals surface area contributed by atoms with Crippen molar-refractivity contribution in [2.24, 2.45) is 0 Å². The smallest absolute Gasteiger partial charge is 0.321 e. The van der Waals surface area contributed by atoms with Crippen LogP contribution in [0.1, 0.15) is 25.5 Å². The summed E-state index contributed by atoms with van der Waals surface area (Å²) in [7, 11) is 0. The second-order valence-corrected chi connectivity index (χ2v) is 4.88. The Hall–Kier alpha value is -1.26. The predicted molar refractivity (Wildman–Crippen MR) is 71.9 cm³/mol. The number of imide groups is 1. The van der Waals surface area contributed by atoms with Gasteiger partial charge in [-0.05, 0) is 25.5 Å². The summed E-state index contributed by atoms with van der Waals surface area (Å²) in [6, 6.07) is 6.26. The number of nitrogens with one attached hydrogen (secondary N) is 2. The molecule has 0 radical (unpaired) electrons. The molecule has 0 spiro atoms. The van der Waals surface area contributed by atoms with Gasteiger partial charge in [0, 0.05) is 5.02 Å². The molecule has 1 aromatic rings. The topological polar surface area (TPSA) is 58.2 Å². The fraction of sp³-hybridized carbons (Fsp3) is 0.333. The summed E-state index contributed by atoms with van der Waals surface area (Å²) in [4.78, 5) is 22.7. The highest BCUT2D eigenvalue weighted by molar-refractivity contribution is 6.31. The molecule has 98 valence electrons. The Morgan fingerprint density at radius 3 is 2.39 bits per heavy atom. The minimum absolute atomic E-state index is 0.308. The zero-order chi connectivity index (χ0) is 13.7. The number of urea groups is 1. The molecular weight excluding hydrogens is 275 g/mol. The van der Waals surface area contributed by atoms with Crippen LogP contribution in [-0.2, 0) is 4.79 Å². The highest BCUT2D eigenvalue weighted by Crippen LogP contribution is 2.21. The molecule has 0 aliphatic rings. The Labute approximate surface area is 116 Å². The van der Waals surface area contributed by atoms with Crippen molar-refractivity contribution in [2.75, 3.05) is 0 Å². The fourth-order valence-electron chi connectivity index (χ4n) is 1.35. The third kappa shape index (κ3) is 4.20. The van der Waals surface area contributed by atoms with Crippen LogP contribution in [0.3, 0.4) is 0 Å². The van der Waals surface area contributed by atoms with E-state index in [2.05, 4.69) is 10.6 Å². The molecule has 0 aliphatic heterocycles. The summed E-state index contributed by atoms with van der Waals surface area (Å²) in [5.74, 6) is -0.541. The number of amides is 3. The number of benzene rings is 1. The molecule has 2 unspecified atom stereocenters. The zero-order valence-electron chi connectivity index (χ0n) is 10.0. The van der Waals surface area contributed by atoms with Crippen molar-refractivity contribution in [3.63, 3.8) is 0 Å². The number of carbonyl (C=O) groups is 2. The predicted octanol–water partition coefficient (Wildman–Crippen LogP) is 2.85. The zero-order valence-corrected chi connectivity index (χ0v) is 11.5. The van der Waals surface area contributed by atoms with Crippen molar-refractivity contribution < 1.29 is 9.59 Å². The maximum absolute atomic E-state index is 11.5. The Balaban J connectivity index is 2.60. The first-order chi connectivity index (χ1) is 8.41. The van der Waals surface area contributed by atoms with E-state index < -0.39 is 17.3 Å². The molecule has 3 amide bonds. The molecule has 0 saturated carbocycles. The van der Waals surface area contributed by atoms with Gasteiger partial charge in [0.2, 0.25) is 5.91 Å². The lowest BCUT2D eigenvalue weighted by atomic mass is 10.1. The molecule has 2 atom stereocenters. The summed E-state index contributed by atoms with van der Waals surface area (Å²) in [5, 5.41) is 4.54. The maximum Gasteiger partial charge on any atom is 0.321 e. The summed E-state index contributed by atoms with van der Waals surface area (Å²) >= 11 is 11.5. The van der Waals surface area contributed by atoms with E-state index in [1.54, 1.807) is 25.1 Å². The average Bonchev–Trinajstić information content (AvgIpc) is 2.28. The molecule has 2 N–H and O–H groups in total. The van der Waals surface area contributed by atoms with Gasteiger partial charge in [0.05, 0.1) is 6.04 Å². The van der Waals surface area contributed by atoms with E-state index in [0.717, 1.165) is 5.56 Å². The average molecular weight is 289 g/mol. The molecule has 18 heavy (non-hydrogen) atoms. The molecule has 0 saturated heterocycles. The number of rotatable bonds is 3. The number of halogens is 2. The van der Waals surface area contributed by atoms with Crippen molar-refractivity contribution in [2.45, 2.75) is 25.3 Å². The van der Waals surface area contributed by atoms with Gasteiger partial charge in [-0.1, -0.05) is 29.8 Å². The summed E-state index contributed by atoms with van der Waals surface area (Å²) in [6.45, 7) is 3.26. The van der Waals surface area contributed by atoms with Gasteiger partial charge in [0.1, 0.15) is 5.38 Å². The summed E-state index contributed by atoms with van der Waals surface area (Å²) in [6.07, 6.45) is 0. The maximum atomic E-state index is 11.5. The Kier molecular flexibility index (Phi) is 5.44. The molecule has 0 heterocycles. The fourth-order valence-corrected chi connectivity index (χ4v) is 1.70. The second kappa shape index (κ2) is 6.61. The van der Waals surface area contributed by atoms with Crippen LogP contribution in [-0.4, -0.2) is 17.3 Å². The van der Waals surface area contributed by atoms with E-state index in [4.69, 9.17) is 23.2 Å². The van der Waals surface area contributed by atoms with Gasteiger partial charge in [0.15, 0.2) is 0 Å². The van der Waals surface area contributed by atoms with Gasteiger partial charge in [-0.2, -0.15) is 0 Å². The lowest BCUT2D eigenvalue weighted by molar-refractivity contribution is -0.119. The van der Waals surface area contributed by atoms with Gasteiger partial charge >= 0.3 is 6.03 Å². The third-order valence-corrected chi connectivity index (χ3v) is 2.86. The molecule has 0 aromatic heterocycles. The lowest BCUT2D eigenvalue weighted by Gasteiger charge is -2.16. The molecule has 1 aromatic carbocycles. The monoisotopic (exact) mass is 288 g/mol. The number of alkyl halides is 1. The van der Waals surface area contributed by atoms with E-state index in [1.165, 1.54) is 6.92 Å². The number of hydrogen-bond donors (Lipinski definition) is 2. The van der Waals surface area contributed by atoms with Crippen LogP contribution in [0.4, 0.5) is 4.79 Å². The van der Waals surface area contributed by atoms with Crippen LogP contribution in [0.2, 0.25) is 5.02 Å². The molecule has 4 nitrogen and oxygen atoms in total. The Morgan fingerprint density at radius 2 is 1.83 bits per heavy atom. The van der Waals surface area contributed by atoms with Crippen LogP contribution in [0.15, 0.2) is 24.3 Å². The summed E-state index contributed by atoms with van der Waals surface area (Å²) < 4.78 is 0. The van der Waals surface area contributed by atoms with Crippen LogP contribution in [0, 0.1) is 0 Å². The number of hydrogen-bond acceptors (Lipinski definition) is 2. The van der Waals surface area contributed by atoms with E-state index >= 15 is 0 Å². The second-order valence-electron chi connectivity index (χ2n) is 3.82. The van der Waals surface area contributed by atoms with Crippen molar-refractivity contribution in [1.29, 1.82) is 0 Å². The minimum atomic E-state index is -0.758. The van der Waals surface area contributed by atoms with Crippen molar-refractivity contribution in [3.8, 4) is 0 Å². The van der Waals surface area contributed by atoms with E-state index in [-0.39, 0.29) is 6.04 Å². The van der Waals surface area contributed by atoms with Gasteiger partial charge in [-0.15, -0.1) is 11.6 Å². The van der Waals surface area contributed by atoms with Crippen LogP contribution >= 0.6 is 23.2 Å². The van der Waals surface area contributed by atoms with Crippen LogP contribution < -0.4 is 10.6 Å². The van der Waals surface area contributed by atoms with Gasteiger partial charge in [-0.3, -0.25) is 10.1 Å². The lowest BCUT2D eigenvalue weighted by Crippen LogP contribution is -2.43. The van der Waals surface area contributed by atoms with Gasteiger partial charge in [-0.25, -0.2) is 4.79 Å². The largest absolute Gasteiger partial charge is 0.331 e. The highest BCUT2D eigenvalue weighted by atomic mass is 35.5. The molecule has 1 rings (SSSR count). The first-order valence-electron chi connectivity index (χ1n) is 5.41. The molecule has 0 aliphatic carbocycles. The molecular formula is C12H14Cl2N2O2. The Morgan fingerprint density at radius 1 is 1.22 bits per heavy atom. The van der Waals surface area contributed by atoms with Gasteiger partial charge in [0.25, 0.3) is 0 Å². The molecule has 0 fully saturated rings. The first-order valence-corrected chi connectivity index (χ1v) is 6.23. The van der Waals surface area contributed by atoms with E-state index in [9.17, 15) is 9.59 Å². The first kappa shape index (κ1) is 14.8. The highest BCUT2D eigenvalue weighted by Gasteiger charge is 2.16. The van der Waals surface area contributed by atoms with Crippen LogP contribution in [0.25, 0.3) is 0 Å². The van der Waals surface area contributed by atoms with Crippen molar-refractivity contribution in [3.05, 3.63) is 34.9 Å². The van der Waals surface area contributed by atoms with E-state index in [1.807, 2.05) is 6.07 Å². The Bertz CT molecular complexity index is 449. The van der Waals surface area contributed by atoms with Gasteiger partial charge < -0.3 is 5.32 Å². The quantitative estimate of drug-likeness (QED) is 0.841. The van der Waals surface area contributed by atoms with E-state index in [0.29, 0.717) is 5.02 Å². The molecule has 0 bridgehead atoms. The van der Waals surface area contributed by atoms with Crippen LogP contribution in [0.5, 0.6) is 0 Å². The van der Waals surface area contributed by atoms with Crippen molar-refractivity contribution >= 4 is 35.1 Å². The SMILES string of the molecule is CC(Cl)C(=O)NC(=O)NC(C)c1ccccc1Cl. The standard InChI is InChI=1S/C12H14Cl2N2O2/c1-7(13)11(17)16-12(18)15-8(2)9-5-3-4-6-10(9)14/h3-8H,1-2H3,(H2,15,16,17,18). The number of carbonyl (C=O) groups excluding carboxylic acids is 2. The molecule has 6 heteroatoms. The van der Waals surface area contributed by atoms with Crippen molar-refractivity contribution in [1.82, 2.24) is 10.6 Å².